The molecule has 0 unspecified atom stereocenters. The monoisotopic (exact) mass is 150 g/mol. The zero-order valence-corrected chi connectivity index (χ0v) is 5.85. The van der Waals surface area contributed by atoms with Crippen LogP contribution in [-0.2, 0) is 0 Å². The lowest BCUT2D eigenvalue weighted by atomic mass is 10.3. The molecule has 0 saturated heterocycles. The van der Waals surface area contributed by atoms with Crippen molar-refractivity contribution in [2.45, 2.75) is 0 Å². The Hall–Kier alpha value is -1.09. The summed E-state index contributed by atoms with van der Waals surface area (Å²) in [5.74, 6) is 0.108. The Balaban J connectivity index is 2.93. The van der Waals surface area contributed by atoms with Crippen molar-refractivity contribution in [3.8, 4) is 5.88 Å². The van der Waals surface area contributed by atoms with Crippen LogP contribution in [-0.4, -0.2) is 9.48 Å². The van der Waals surface area contributed by atoms with E-state index in [1.54, 1.807) is 12.1 Å². The van der Waals surface area contributed by atoms with E-state index in [0.29, 0.717) is 0 Å². The molecule has 0 aliphatic carbocycles. The van der Waals surface area contributed by atoms with E-state index in [0.717, 1.165) is 10.1 Å². The third-order valence-corrected chi connectivity index (χ3v) is 2.11. The van der Waals surface area contributed by atoms with Crippen molar-refractivity contribution in [2.24, 2.45) is 0 Å². The van der Waals surface area contributed by atoms with Crippen LogP contribution in [0.3, 0.4) is 0 Å². The molecule has 2 rings (SSSR count). The molecule has 2 nitrogen and oxygen atoms in total. The standard InChI is InChI=1S/C7H4NOS/c9-7-5-3-1-2-4-6(5)10-8-7/h2-4H,(H,8,9). The minimum absolute atomic E-state index is 0.108. The molecule has 0 aliphatic rings. The minimum atomic E-state index is 0.108. The third-order valence-electron chi connectivity index (χ3n) is 1.30. The predicted octanol–water partition coefficient (Wildman–Crippen LogP) is 1.80. The quantitative estimate of drug-likeness (QED) is 0.621. The molecule has 3 heteroatoms. The van der Waals surface area contributed by atoms with E-state index in [4.69, 9.17) is 5.11 Å². The highest BCUT2D eigenvalue weighted by Crippen LogP contribution is 2.25. The molecule has 2 aromatic rings. The first-order chi connectivity index (χ1) is 4.88. The van der Waals surface area contributed by atoms with Gasteiger partial charge in [0.2, 0.25) is 5.88 Å². The summed E-state index contributed by atoms with van der Waals surface area (Å²) >= 11 is 1.29. The van der Waals surface area contributed by atoms with Gasteiger partial charge in [-0.3, -0.25) is 0 Å². The second kappa shape index (κ2) is 1.95. The topological polar surface area (TPSA) is 33.1 Å². The minimum Gasteiger partial charge on any atom is -0.492 e. The molecule has 0 bridgehead atoms. The summed E-state index contributed by atoms with van der Waals surface area (Å²) in [6.07, 6.45) is 0. The van der Waals surface area contributed by atoms with Crippen molar-refractivity contribution >= 4 is 21.6 Å². The Morgan fingerprint density at radius 2 is 2.50 bits per heavy atom. The molecule has 0 atom stereocenters. The van der Waals surface area contributed by atoms with Crippen LogP contribution in [0.15, 0.2) is 18.2 Å². The molecule has 0 fully saturated rings. The summed E-state index contributed by atoms with van der Waals surface area (Å²) in [7, 11) is 0. The van der Waals surface area contributed by atoms with Gasteiger partial charge in [-0.1, -0.05) is 6.07 Å². The van der Waals surface area contributed by atoms with Crippen LogP contribution in [0.5, 0.6) is 5.88 Å². The van der Waals surface area contributed by atoms with E-state index in [1.165, 1.54) is 11.5 Å². The molecule has 49 valence electrons. The second-order valence-electron chi connectivity index (χ2n) is 1.93. The van der Waals surface area contributed by atoms with Gasteiger partial charge in [0.15, 0.2) is 0 Å². The molecular weight excluding hydrogens is 146 g/mol. The Morgan fingerprint density at radius 1 is 1.60 bits per heavy atom. The van der Waals surface area contributed by atoms with Crippen molar-refractivity contribution in [1.82, 2.24) is 4.37 Å². The summed E-state index contributed by atoms with van der Waals surface area (Å²) in [4.78, 5) is 0. The average Bonchev–Trinajstić information content (AvgIpc) is 2.34. The maximum atomic E-state index is 9.09. The van der Waals surface area contributed by atoms with Crippen LogP contribution in [0.2, 0.25) is 0 Å². The second-order valence-corrected chi connectivity index (χ2v) is 2.73. The molecule has 1 aromatic heterocycles. The Morgan fingerprint density at radius 3 is 3.30 bits per heavy atom. The highest BCUT2D eigenvalue weighted by molar-refractivity contribution is 7.13. The number of fused-ring (bicyclic) bond motifs is 1. The summed E-state index contributed by atoms with van der Waals surface area (Å²) < 4.78 is 4.77. The lowest BCUT2D eigenvalue weighted by molar-refractivity contribution is 0.466. The number of rotatable bonds is 0. The van der Waals surface area contributed by atoms with Gasteiger partial charge in [0.25, 0.3) is 0 Å². The molecule has 0 saturated carbocycles. The number of benzene rings is 1. The van der Waals surface area contributed by atoms with Gasteiger partial charge >= 0.3 is 0 Å². The maximum absolute atomic E-state index is 9.09. The van der Waals surface area contributed by atoms with E-state index in [1.807, 2.05) is 6.07 Å². The molecule has 0 aliphatic heterocycles. The van der Waals surface area contributed by atoms with Crippen LogP contribution < -0.4 is 0 Å². The molecule has 0 amide bonds. The normalized spacial score (nSPS) is 10.4. The molecule has 0 spiro atoms. The van der Waals surface area contributed by atoms with E-state index < -0.39 is 0 Å². The lowest BCUT2D eigenvalue weighted by Crippen LogP contribution is -1.61. The van der Waals surface area contributed by atoms with Gasteiger partial charge in [-0.2, -0.15) is 4.37 Å². The molecule has 1 aromatic carbocycles. The van der Waals surface area contributed by atoms with Gasteiger partial charge in [0.05, 0.1) is 10.1 Å². The van der Waals surface area contributed by atoms with Crippen LogP contribution in [0.25, 0.3) is 10.1 Å². The summed E-state index contributed by atoms with van der Waals surface area (Å²) in [5, 5.41) is 9.88. The zero-order valence-electron chi connectivity index (χ0n) is 5.03. The van der Waals surface area contributed by atoms with Gasteiger partial charge in [-0.05, 0) is 29.7 Å². The number of aromatic hydroxyl groups is 1. The van der Waals surface area contributed by atoms with Crippen LogP contribution in [0.4, 0.5) is 0 Å². The van der Waals surface area contributed by atoms with Crippen LogP contribution >= 0.6 is 11.5 Å². The van der Waals surface area contributed by atoms with Crippen LogP contribution in [0, 0.1) is 6.07 Å². The van der Waals surface area contributed by atoms with Crippen LogP contribution in [0.1, 0.15) is 0 Å². The largest absolute Gasteiger partial charge is 0.492 e. The van der Waals surface area contributed by atoms with Gasteiger partial charge in [0, 0.05) is 0 Å². The summed E-state index contributed by atoms with van der Waals surface area (Å²) in [5.41, 5.74) is 0. The number of hydrogen-bond acceptors (Lipinski definition) is 3. The number of hydrogen-bond donors (Lipinski definition) is 1. The van der Waals surface area contributed by atoms with Gasteiger partial charge in [0.1, 0.15) is 0 Å². The Bertz CT molecular complexity index is 355. The van der Waals surface area contributed by atoms with Crippen molar-refractivity contribution in [2.75, 3.05) is 0 Å². The SMILES string of the molecule is Oc1nsc2cc[c]cc12. The molecule has 10 heavy (non-hydrogen) atoms. The summed E-state index contributed by atoms with van der Waals surface area (Å²) in [6.45, 7) is 0. The highest BCUT2D eigenvalue weighted by Gasteiger charge is 2.00. The molecule has 1 heterocycles. The zero-order chi connectivity index (χ0) is 6.97. The fourth-order valence-electron chi connectivity index (χ4n) is 0.812. The molecular formula is C7H4NOS. The first-order valence-corrected chi connectivity index (χ1v) is 3.60. The predicted molar refractivity (Wildman–Crippen MR) is 40.1 cm³/mol. The number of aromatic nitrogens is 1. The van der Waals surface area contributed by atoms with E-state index in [-0.39, 0.29) is 5.88 Å². The molecule has 1 radical (unpaired) electrons. The van der Waals surface area contributed by atoms with Crippen molar-refractivity contribution in [3.05, 3.63) is 24.3 Å². The Kier molecular flexibility index (Phi) is 1.11. The van der Waals surface area contributed by atoms with Gasteiger partial charge in [-0.25, -0.2) is 0 Å². The van der Waals surface area contributed by atoms with E-state index in [2.05, 4.69) is 10.4 Å². The van der Waals surface area contributed by atoms with Crippen molar-refractivity contribution in [3.63, 3.8) is 0 Å². The lowest BCUT2D eigenvalue weighted by Gasteiger charge is -1.83. The third kappa shape index (κ3) is 0.675. The summed E-state index contributed by atoms with van der Waals surface area (Å²) in [6, 6.07) is 8.29. The first kappa shape index (κ1) is 5.68. The van der Waals surface area contributed by atoms with Crippen molar-refractivity contribution < 1.29 is 5.11 Å². The Labute approximate surface area is 61.9 Å². The smallest absolute Gasteiger partial charge is 0.230 e. The van der Waals surface area contributed by atoms with E-state index in [9.17, 15) is 0 Å². The highest BCUT2D eigenvalue weighted by atomic mass is 32.1. The fraction of sp³-hybridized carbons (Fsp3) is 0. The van der Waals surface area contributed by atoms with Crippen molar-refractivity contribution in [1.29, 1.82) is 0 Å². The average molecular weight is 150 g/mol. The van der Waals surface area contributed by atoms with Gasteiger partial charge in [-0.15, -0.1) is 0 Å². The fourth-order valence-corrected chi connectivity index (χ4v) is 1.47. The number of nitrogens with zero attached hydrogens (tertiary/aromatic N) is 1. The van der Waals surface area contributed by atoms with E-state index >= 15 is 0 Å². The molecule has 1 N–H and O–H groups in total. The van der Waals surface area contributed by atoms with Gasteiger partial charge < -0.3 is 5.11 Å². The maximum Gasteiger partial charge on any atom is 0.230 e. The first-order valence-electron chi connectivity index (χ1n) is 2.82.